The van der Waals surface area contributed by atoms with Gasteiger partial charge in [0, 0.05) is 24.3 Å². The lowest BCUT2D eigenvalue weighted by Gasteiger charge is -2.19. The lowest BCUT2D eigenvalue weighted by atomic mass is 10.4. The predicted octanol–water partition coefficient (Wildman–Crippen LogP) is 2.19. The van der Waals surface area contributed by atoms with Gasteiger partial charge in [0.25, 0.3) is 9.05 Å². The van der Waals surface area contributed by atoms with E-state index in [0.29, 0.717) is 4.31 Å². The van der Waals surface area contributed by atoms with Crippen molar-refractivity contribution in [3.8, 4) is 0 Å². The average Bonchev–Trinajstić information content (AvgIpc) is 2.34. The van der Waals surface area contributed by atoms with Crippen molar-refractivity contribution < 1.29 is 30.0 Å². The minimum Gasteiger partial charge on any atom is -0.207 e. The largest absolute Gasteiger partial charge is 0.390 e. The molecule has 0 aromatic heterocycles. The Balaban J connectivity index is 3.21. The van der Waals surface area contributed by atoms with Crippen molar-refractivity contribution in [1.82, 2.24) is 4.31 Å². The molecule has 21 heavy (non-hydrogen) atoms. The van der Waals surface area contributed by atoms with E-state index in [2.05, 4.69) is 0 Å². The Labute approximate surface area is 124 Å². The molecule has 1 rings (SSSR count). The van der Waals surface area contributed by atoms with E-state index in [1.807, 2.05) is 0 Å². The topological polar surface area (TPSA) is 71.5 Å². The Hall–Kier alpha value is -0.840. The summed E-state index contributed by atoms with van der Waals surface area (Å²) >= 11 is 0. The van der Waals surface area contributed by atoms with E-state index >= 15 is 0 Å². The lowest BCUT2D eigenvalue weighted by Crippen LogP contribution is -2.31. The van der Waals surface area contributed by atoms with Crippen LogP contribution in [0.15, 0.2) is 34.1 Å². The third-order valence-electron chi connectivity index (χ3n) is 2.51. The molecular weight excluding hydrogens is 355 g/mol. The standard InChI is InChI=1S/C10H11ClF3NO4S2/c1-15(7-6-10(12,13)14)21(18,19)9-5-3-2-4-8(9)20(11,16)17/h2-5H,6-7H2,1H3. The van der Waals surface area contributed by atoms with E-state index in [1.54, 1.807) is 0 Å². The van der Waals surface area contributed by atoms with Gasteiger partial charge in [0.1, 0.15) is 9.79 Å². The van der Waals surface area contributed by atoms with Crippen molar-refractivity contribution in [2.24, 2.45) is 0 Å². The first kappa shape index (κ1) is 18.2. The molecule has 11 heteroatoms. The van der Waals surface area contributed by atoms with Crippen LogP contribution in [0.2, 0.25) is 0 Å². The average molecular weight is 366 g/mol. The van der Waals surface area contributed by atoms with Crippen molar-refractivity contribution in [3.63, 3.8) is 0 Å². The zero-order valence-electron chi connectivity index (χ0n) is 10.6. The van der Waals surface area contributed by atoms with Crippen LogP contribution in [0.4, 0.5) is 13.2 Å². The van der Waals surface area contributed by atoms with Gasteiger partial charge in [0.2, 0.25) is 10.0 Å². The SMILES string of the molecule is CN(CCC(F)(F)F)S(=O)(=O)c1ccccc1S(=O)(=O)Cl. The number of sulfonamides is 1. The first-order chi connectivity index (χ1) is 9.36. The molecule has 1 aromatic carbocycles. The maximum atomic E-state index is 12.2. The number of hydrogen-bond acceptors (Lipinski definition) is 4. The summed E-state index contributed by atoms with van der Waals surface area (Å²) in [5.74, 6) is 0. The molecule has 0 radical (unpaired) electrons. The summed E-state index contributed by atoms with van der Waals surface area (Å²) in [5, 5.41) is 0. The van der Waals surface area contributed by atoms with Crippen LogP contribution in [0.3, 0.4) is 0 Å². The summed E-state index contributed by atoms with van der Waals surface area (Å²) in [6.45, 7) is -0.831. The molecule has 0 saturated heterocycles. The van der Waals surface area contributed by atoms with Crippen LogP contribution in [0.5, 0.6) is 0 Å². The molecule has 0 heterocycles. The second-order valence-electron chi connectivity index (χ2n) is 4.08. The third-order valence-corrected chi connectivity index (χ3v) is 5.93. The lowest BCUT2D eigenvalue weighted by molar-refractivity contribution is -0.135. The molecule has 0 unspecified atom stereocenters. The Morgan fingerprint density at radius 1 is 1.10 bits per heavy atom. The summed E-state index contributed by atoms with van der Waals surface area (Å²) < 4.78 is 83.8. The van der Waals surface area contributed by atoms with E-state index in [4.69, 9.17) is 10.7 Å². The van der Waals surface area contributed by atoms with Gasteiger partial charge >= 0.3 is 6.18 Å². The Morgan fingerprint density at radius 2 is 1.57 bits per heavy atom. The van der Waals surface area contributed by atoms with E-state index in [1.165, 1.54) is 12.1 Å². The van der Waals surface area contributed by atoms with E-state index in [-0.39, 0.29) is 0 Å². The van der Waals surface area contributed by atoms with Crippen LogP contribution in [-0.2, 0) is 19.1 Å². The Bertz CT molecular complexity index is 716. The number of alkyl halides is 3. The fraction of sp³-hybridized carbons (Fsp3) is 0.400. The van der Waals surface area contributed by atoms with Gasteiger partial charge in [-0.2, -0.15) is 13.2 Å². The zero-order valence-corrected chi connectivity index (χ0v) is 13.0. The van der Waals surface area contributed by atoms with Gasteiger partial charge in [-0.1, -0.05) is 12.1 Å². The molecule has 0 atom stereocenters. The molecule has 0 bridgehead atoms. The van der Waals surface area contributed by atoms with Crippen LogP contribution in [0, 0.1) is 0 Å². The number of hydrogen-bond donors (Lipinski definition) is 0. The molecule has 5 nitrogen and oxygen atoms in total. The van der Waals surface area contributed by atoms with Gasteiger partial charge in [-0.25, -0.2) is 21.1 Å². The molecule has 1 aromatic rings. The first-order valence-electron chi connectivity index (χ1n) is 5.42. The van der Waals surface area contributed by atoms with Crippen LogP contribution in [0.25, 0.3) is 0 Å². The summed E-state index contributed by atoms with van der Waals surface area (Å²) in [6.07, 6.45) is -5.87. The van der Waals surface area contributed by atoms with Crippen LogP contribution in [0.1, 0.15) is 6.42 Å². The minimum absolute atomic E-state index is 0.432. The maximum absolute atomic E-state index is 12.2. The fourth-order valence-corrected chi connectivity index (χ4v) is 4.41. The highest BCUT2D eigenvalue weighted by Crippen LogP contribution is 2.27. The minimum atomic E-state index is -4.53. The van der Waals surface area contributed by atoms with Crippen LogP contribution in [-0.4, -0.2) is 40.9 Å². The van der Waals surface area contributed by atoms with Crippen molar-refractivity contribution in [2.45, 2.75) is 22.4 Å². The summed E-state index contributed by atoms with van der Waals surface area (Å²) in [4.78, 5) is -1.34. The molecule has 0 amide bonds. The fourth-order valence-electron chi connectivity index (χ4n) is 1.44. The van der Waals surface area contributed by atoms with E-state index in [0.717, 1.165) is 19.2 Å². The van der Waals surface area contributed by atoms with Crippen LogP contribution < -0.4 is 0 Å². The second kappa shape index (κ2) is 6.11. The Kier molecular flexibility index (Phi) is 5.30. The highest BCUT2D eigenvalue weighted by atomic mass is 35.7. The van der Waals surface area contributed by atoms with Gasteiger partial charge in [0.05, 0.1) is 6.42 Å². The highest BCUT2D eigenvalue weighted by molar-refractivity contribution is 8.14. The summed E-state index contributed by atoms with van der Waals surface area (Å²) in [6, 6.07) is 4.43. The molecule has 0 aliphatic carbocycles. The first-order valence-corrected chi connectivity index (χ1v) is 9.17. The molecule has 0 aliphatic heterocycles. The number of halogens is 4. The second-order valence-corrected chi connectivity index (χ2v) is 8.62. The van der Waals surface area contributed by atoms with Gasteiger partial charge in [-0.3, -0.25) is 0 Å². The Morgan fingerprint density at radius 3 is 2.00 bits per heavy atom. The van der Waals surface area contributed by atoms with E-state index in [9.17, 15) is 30.0 Å². The normalized spacial score (nSPS) is 13.6. The molecular formula is C10H11ClF3NO4S2. The van der Waals surface area contributed by atoms with Gasteiger partial charge in [0.15, 0.2) is 0 Å². The van der Waals surface area contributed by atoms with Crippen molar-refractivity contribution in [2.75, 3.05) is 13.6 Å². The maximum Gasteiger partial charge on any atom is 0.390 e. The number of nitrogens with zero attached hydrogens (tertiary/aromatic N) is 1. The van der Waals surface area contributed by atoms with Gasteiger partial charge in [-0.15, -0.1) is 0 Å². The monoisotopic (exact) mass is 365 g/mol. The summed E-state index contributed by atoms with van der Waals surface area (Å²) in [7, 11) is -2.69. The molecule has 120 valence electrons. The smallest absolute Gasteiger partial charge is 0.207 e. The molecule has 0 aliphatic rings. The van der Waals surface area contributed by atoms with E-state index < -0.39 is 48.0 Å². The quantitative estimate of drug-likeness (QED) is 0.750. The third kappa shape index (κ3) is 4.83. The predicted molar refractivity (Wildman–Crippen MR) is 70.0 cm³/mol. The van der Waals surface area contributed by atoms with Crippen molar-refractivity contribution in [3.05, 3.63) is 24.3 Å². The van der Waals surface area contributed by atoms with Crippen molar-refractivity contribution in [1.29, 1.82) is 0 Å². The molecule has 0 N–H and O–H groups in total. The highest BCUT2D eigenvalue weighted by Gasteiger charge is 2.32. The van der Waals surface area contributed by atoms with Crippen molar-refractivity contribution >= 4 is 29.8 Å². The zero-order chi connectivity index (χ0) is 16.5. The number of rotatable bonds is 5. The molecule has 0 fully saturated rings. The summed E-state index contributed by atoms with van der Waals surface area (Å²) in [5.41, 5.74) is 0. The van der Waals surface area contributed by atoms with Gasteiger partial charge < -0.3 is 0 Å². The number of benzene rings is 1. The molecule has 0 saturated carbocycles. The molecule has 0 spiro atoms. The van der Waals surface area contributed by atoms with Crippen LogP contribution >= 0.6 is 10.7 Å². The van der Waals surface area contributed by atoms with Gasteiger partial charge in [-0.05, 0) is 12.1 Å².